The Hall–Kier alpha value is -2.34. The van der Waals surface area contributed by atoms with Crippen LogP contribution in [0.25, 0.3) is 0 Å². The maximum atomic E-state index is 11.5. The average molecular weight is 259 g/mol. The number of hydrogen-bond donors (Lipinski definition) is 3. The maximum absolute atomic E-state index is 11.5. The number of nitrogen functional groups attached to an aromatic ring is 1. The lowest BCUT2D eigenvalue weighted by Gasteiger charge is -2.23. The summed E-state index contributed by atoms with van der Waals surface area (Å²) in [5, 5.41) is 0. The van der Waals surface area contributed by atoms with Gasteiger partial charge in [-0.15, -0.1) is 0 Å². The van der Waals surface area contributed by atoms with Crippen molar-refractivity contribution in [2.24, 2.45) is 5.73 Å². The van der Waals surface area contributed by atoms with E-state index < -0.39 is 0 Å². The molecular weight excluding hydrogens is 242 g/mol. The summed E-state index contributed by atoms with van der Waals surface area (Å²) in [6.07, 6.45) is 1.35. The molecule has 0 bridgehead atoms. The normalized spacial score (nSPS) is 10.4. The monoisotopic (exact) mass is 259 g/mol. The smallest absolute Gasteiger partial charge is 0.276 e. The molecule has 0 amide bonds. The number of H-pyrrole nitrogens is 1. The third-order valence-corrected chi connectivity index (χ3v) is 2.78. The molecule has 0 aliphatic rings. The van der Waals surface area contributed by atoms with Crippen LogP contribution in [-0.2, 0) is 6.54 Å². The topological polar surface area (TPSA) is 101 Å². The Morgan fingerprint density at radius 3 is 2.68 bits per heavy atom. The van der Waals surface area contributed by atoms with Gasteiger partial charge < -0.3 is 21.4 Å². The molecule has 2 aromatic rings. The summed E-state index contributed by atoms with van der Waals surface area (Å²) in [5.41, 5.74) is 12.3. The Kier molecular flexibility index (Phi) is 4.15. The van der Waals surface area contributed by atoms with Gasteiger partial charge in [0.15, 0.2) is 5.82 Å². The fraction of sp³-hybridized carbons (Fsp3) is 0.231. The zero-order valence-electron chi connectivity index (χ0n) is 10.5. The highest BCUT2D eigenvalue weighted by Gasteiger charge is 2.13. The second-order valence-corrected chi connectivity index (χ2v) is 4.16. The van der Waals surface area contributed by atoms with Crippen molar-refractivity contribution in [2.75, 3.05) is 23.7 Å². The van der Waals surface area contributed by atoms with Gasteiger partial charge in [0.2, 0.25) is 0 Å². The van der Waals surface area contributed by atoms with Crippen LogP contribution in [0.5, 0.6) is 0 Å². The van der Waals surface area contributed by atoms with Crippen LogP contribution in [0.2, 0.25) is 0 Å². The van der Waals surface area contributed by atoms with Gasteiger partial charge in [-0.2, -0.15) is 0 Å². The Bertz CT molecular complexity index is 581. The Morgan fingerprint density at radius 2 is 2.00 bits per heavy atom. The molecule has 1 heterocycles. The largest absolute Gasteiger partial charge is 0.391 e. The molecule has 5 N–H and O–H groups in total. The van der Waals surface area contributed by atoms with E-state index in [1.807, 2.05) is 35.2 Å². The quantitative estimate of drug-likeness (QED) is 0.717. The molecule has 6 heteroatoms. The van der Waals surface area contributed by atoms with Gasteiger partial charge >= 0.3 is 0 Å². The van der Waals surface area contributed by atoms with E-state index in [-0.39, 0.29) is 11.2 Å². The number of aromatic amines is 1. The highest BCUT2D eigenvalue weighted by atomic mass is 16.1. The third kappa shape index (κ3) is 3.11. The second-order valence-electron chi connectivity index (χ2n) is 4.16. The van der Waals surface area contributed by atoms with E-state index in [1.165, 1.54) is 6.33 Å². The van der Waals surface area contributed by atoms with Crippen molar-refractivity contribution >= 4 is 11.5 Å². The van der Waals surface area contributed by atoms with E-state index in [1.54, 1.807) is 0 Å². The summed E-state index contributed by atoms with van der Waals surface area (Å²) < 4.78 is 0. The predicted molar refractivity (Wildman–Crippen MR) is 75.8 cm³/mol. The van der Waals surface area contributed by atoms with Crippen LogP contribution in [0.3, 0.4) is 0 Å². The summed E-state index contributed by atoms with van der Waals surface area (Å²) in [4.78, 5) is 20.0. The van der Waals surface area contributed by atoms with E-state index in [4.69, 9.17) is 11.5 Å². The van der Waals surface area contributed by atoms with Crippen LogP contribution in [0.15, 0.2) is 41.5 Å². The first kappa shape index (κ1) is 13.1. The van der Waals surface area contributed by atoms with E-state index in [2.05, 4.69) is 9.97 Å². The van der Waals surface area contributed by atoms with Crippen LogP contribution in [-0.4, -0.2) is 23.1 Å². The number of hydrogen-bond acceptors (Lipinski definition) is 5. The lowest BCUT2D eigenvalue weighted by Crippen LogP contribution is -2.32. The van der Waals surface area contributed by atoms with E-state index >= 15 is 0 Å². The summed E-state index contributed by atoms with van der Waals surface area (Å²) in [5.74, 6) is 0.470. The first-order valence-corrected chi connectivity index (χ1v) is 6.04. The predicted octanol–water partition coefficient (Wildman–Crippen LogP) is 0.317. The van der Waals surface area contributed by atoms with Gasteiger partial charge in [0.25, 0.3) is 5.56 Å². The molecule has 1 aromatic heterocycles. The minimum Gasteiger partial charge on any atom is -0.391 e. The van der Waals surface area contributed by atoms with Crippen molar-refractivity contribution in [3.05, 3.63) is 52.6 Å². The average Bonchev–Trinajstić information content (AvgIpc) is 2.43. The molecule has 0 unspecified atom stereocenters. The summed E-state index contributed by atoms with van der Waals surface area (Å²) in [6.45, 7) is 1.65. The number of nitrogens with zero attached hydrogens (tertiary/aromatic N) is 2. The van der Waals surface area contributed by atoms with E-state index in [9.17, 15) is 4.79 Å². The maximum Gasteiger partial charge on any atom is 0.276 e. The lowest BCUT2D eigenvalue weighted by atomic mass is 10.2. The second kappa shape index (κ2) is 6.01. The number of aromatic nitrogens is 2. The third-order valence-electron chi connectivity index (χ3n) is 2.78. The van der Waals surface area contributed by atoms with E-state index in [0.29, 0.717) is 25.5 Å². The molecule has 0 atom stereocenters. The molecule has 0 fully saturated rings. The Labute approximate surface area is 111 Å². The van der Waals surface area contributed by atoms with Crippen LogP contribution >= 0.6 is 0 Å². The molecule has 19 heavy (non-hydrogen) atoms. The Morgan fingerprint density at radius 1 is 1.26 bits per heavy atom. The van der Waals surface area contributed by atoms with Crippen molar-refractivity contribution in [3.8, 4) is 0 Å². The van der Waals surface area contributed by atoms with Gasteiger partial charge in [-0.3, -0.25) is 4.79 Å². The van der Waals surface area contributed by atoms with Gasteiger partial charge in [-0.05, 0) is 5.56 Å². The molecule has 100 valence electrons. The highest BCUT2D eigenvalue weighted by molar-refractivity contribution is 5.61. The lowest BCUT2D eigenvalue weighted by molar-refractivity contribution is 0.773. The van der Waals surface area contributed by atoms with Gasteiger partial charge in [0, 0.05) is 19.6 Å². The fourth-order valence-corrected chi connectivity index (χ4v) is 1.87. The fourth-order valence-electron chi connectivity index (χ4n) is 1.87. The molecule has 6 nitrogen and oxygen atoms in total. The SMILES string of the molecule is NCCN(Cc1ccccc1)c1nc[nH]c(=O)c1N. The number of nitrogens with one attached hydrogen (secondary N) is 1. The summed E-state index contributed by atoms with van der Waals surface area (Å²) in [6, 6.07) is 9.89. The molecule has 0 radical (unpaired) electrons. The number of nitrogens with two attached hydrogens (primary N) is 2. The molecular formula is C13H17N5O. The summed E-state index contributed by atoms with van der Waals surface area (Å²) in [7, 11) is 0. The minimum absolute atomic E-state index is 0.117. The first-order valence-electron chi connectivity index (χ1n) is 6.04. The van der Waals surface area contributed by atoms with Gasteiger partial charge in [0.1, 0.15) is 5.69 Å². The van der Waals surface area contributed by atoms with Crippen LogP contribution in [0, 0.1) is 0 Å². The zero-order chi connectivity index (χ0) is 13.7. The first-order chi connectivity index (χ1) is 9.22. The zero-order valence-corrected chi connectivity index (χ0v) is 10.5. The van der Waals surface area contributed by atoms with Crippen LogP contribution in [0.4, 0.5) is 11.5 Å². The van der Waals surface area contributed by atoms with Crippen molar-refractivity contribution < 1.29 is 0 Å². The van der Waals surface area contributed by atoms with Crippen molar-refractivity contribution in [3.63, 3.8) is 0 Å². The van der Waals surface area contributed by atoms with Crippen molar-refractivity contribution in [1.29, 1.82) is 0 Å². The molecule has 0 saturated carbocycles. The molecule has 2 rings (SSSR count). The molecule has 0 saturated heterocycles. The standard InChI is InChI=1S/C13H17N5O/c14-6-7-18(8-10-4-2-1-3-5-10)12-11(15)13(19)17-9-16-12/h1-5,9H,6-8,14-15H2,(H,16,17,19). The minimum atomic E-state index is -0.333. The van der Waals surface area contributed by atoms with Crippen LogP contribution in [0.1, 0.15) is 5.56 Å². The number of rotatable bonds is 5. The number of benzene rings is 1. The Balaban J connectivity index is 2.30. The summed E-state index contributed by atoms with van der Waals surface area (Å²) >= 11 is 0. The van der Waals surface area contributed by atoms with Crippen molar-refractivity contribution in [1.82, 2.24) is 9.97 Å². The number of anilines is 2. The van der Waals surface area contributed by atoms with Gasteiger partial charge in [-0.1, -0.05) is 30.3 Å². The van der Waals surface area contributed by atoms with E-state index in [0.717, 1.165) is 5.56 Å². The molecule has 1 aromatic carbocycles. The molecule has 0 spiro atoms. The van der Waals surface area contributed by atoms with Gasteiger partial charge in [-0.25, -0.2) is 4.98 Å². The molecule has 0 aliphatic heterocycles. The van der Waals surface area contributed by atoms with Crippen molar-refractivity contribution in [2.45, 2.75) is 6.54 Å². The highest BCUT2D eigenvalue weighted by Crippen LogP contribution is 2.17. The molecule has 0 aliphatic carbocycles. The van der Waals surface area contributed by atoms with Gasteiger partial charge in [0.05, 0.1) is 6.33 Å². The van der Waals surface area contributed by atoms with Crippen LogP contribution < -0.4 is 21.9 Å².